The fraction of sp³-hybridized carbons (Fsp3) is 0.867. The number of hydrogen-bond acceptors (Lipinski definition) is 4. The number of amides is 1. The van der Waals surface area contributed by atoms with Crippen LogP contribution in [0.15, 0.2) is 0 Å². The quantitative estimate of drug-likeness (QED) is 0.781. The van der Waals surface area contributed by atoms with Crippen molar-refractivity contribution in [1.29, 1.82) is 0 Å². The highest BCUT2D eigenvalue weighted by molar-refractivity contribution is 5.86. The first kappa shape index (κ1) is 16.2. The number of likely N-dealkylation sites (tertiary alicyclic amines) is 1. The Bertz CT molecular complexity index is 388. The Kier molecular flexibility index (Phi) is 5.58. The first-order valence-corrected chi connectivity index (χ1v) is 7.89. The van der Waals surface area contributed by atoms with Gasteiger partial charge in [0, 0.05) is 12.6 Å². The van der Waals surface area contributed by atoms with Crippen molar-refractivity contribution >= 4 is 11.9 Å². The van der Waals surface area contributed by atoms with Crippen LogP contribution in [0.5, 0.6) is 0 Å². The summed E-state index contributed by atoms with van der Waals surface area (Å²) in [7, 11) is 0. The zero-order valence-electron chi connectivity index (χ0n) is 12.9. The van der Waals surface area contributed by atoms with E-state index < -0.39 is 12.0 Å². The molecular weight excluding hydrogens is 272 g/mol. The third kappa shape index (κ3) is 3.74. The average molecular weight is 298 g/mol. The van der Waals surface area contributed by atoms with Gasteiger partial charge in [-0.25, -0.2) is 4.79 Å². The number of carboxylic acid groups (broad SMARTS) is 1. The Morgan fingerprint density at radius 1 is 1.38 bits per heavy atom. The summed E-state index contributed by atoms with van der Waals surface area (Å²) in [6, 6.07) is -0.681. The first-order chi connectivity index (χ1) is 10.0. The molecule has 2 fully saturated rings. The van der Waals surface area contributed by atoms with Crippen molar-refractivity contribution in [2.75, 3.05) is 26.3 Å². The van der Waals surface area contributed by atoms with Gasteiger partial charge in [0.25, 0.3) is 0 Å². The molecule has 2 rings (SSSR count). The number of ether oxygens (including phenoxy) is 1. The average Bonchev–Trinajstić information content (AvgIpc) is 2.92. The van der Waals surface area contributed by atoms with Crippen LogP contribution in [0, 0.1) is 11.8 Å². The first-order valence-electron chi connectivity index (χ1n) is 7.89. The van der Waals surface area contributed by atoms with Crippen molar-refractivity contribution in [3.05, 3.63) is 0 Å². The molecule has 6 nitrogen and oxygen atoms in total. The van der Waals surface area contributed by atoms with Crippen LogP contribution in [-0.2, 0) is 14.3 Å². The summed E-state index contributed by atoms with van der Waals surface area (Å²) in [6.07, 6.45) is 2.41. The Morgan fingerprint density at radius 3 is 2.81 bits per heavy atom. The van der Waals surface area contributed by atoms with Crippen molar-refractivity contribution < 1.29 is 19.4 Å². The molecular formula is C15H26N2O4. The molecule has 1 amide bonds. The minimum absolute atomic E-state index is 0.00578. The van der Waals surface area contributed by atoms with Gasteiger partial charge in [-0.05, 0) is 31.7 Å². The van der Waals surface area contributed by atoms with E-state index >= 15 is 0 Å². The van der Waals surface area contributed by atoms with Crippen LogP contribution in [0.4, 0.5) is 0 Å². The molecule has 120 valence electrons. The van der Waals surface area contributed by atoms with E-state index in [1.54, 1.807) is 4.90 Å². The van der Waals surface area contributed by atoms with Crippen LogP contribution in [0.25, 0.3) is 0 Å². The third-order valence-electron chi connectivity index (χ3n) is 4.49. The van der Waals surface area contributed by atoms with Crippen LogP contribution in [0.2, 0.25) is 0 Å². The normalized spacial score (nSPS) is 33.1. The summed E-state index contributed by atoms with van der Waals surface area (Å²) >= 11 is 0. The maximum Gasteiger partial charge on any atom is 0.326 e. The zero-order chi connectivity index (χ0) is 15.4. The minimum atomic E-state index is -0.896. The van der Waals surface area contributed by atoms with Crippen molar-refractivity contribution in [3.8, 4) is 0 Å². The lowest BCUT2D eigenvalue weighted by Crippen LogP contribution is -2.54. The number of nitrogens with zero attached hydrogens (tertiary/aromatic N) is 1. The number of carboxylic acids is 1. The molecule has 0 spiro atoms. The third-order valence-corrected chi connectivity index (χ3v) is 4.49. The van der Waals surface area contributed by atoms with Crippen LogP contribution < -0.4 is 5.32 Å². The molecule has 0 aromatic rings. The second-order valence-corrected chi connectivity index (χ2v) is 6.22. The van der Waals surface area contributed by atoms with Crippen LogP contribution in [-0.4, -0.2) is 60.3 Å². The molecule has 4 atom stereocenters. The number of hydrogen-bond donors (Lipinski definition) is 2. The number of piperidine rings is 1. The van der Waals surface area contributed by atoms with Gasteiger partial charge in [0.05, 0.1) is 19.1 Å². The minimum Gasteiger partial charge on any atom is -0.480 e. The van der Waals surface area contributed by atoms with Crippen LogP contribution in [0.3, 0.4) is 0 Å². The van der Waals surface area contributed by atoms with Crippen molar-refractivity contribution in [1.82, 2.24) is 10.2 Å². The summed E-state index contributed by atoms with van der Waals surface area (Å²) in [5.41, 5.74) is 0. The van der Waals surface area contributed by atoms with E-state index in [-0.39, 0.29) is 17.9 Å². The maximum absolute atomic E-state index is 12.7. The summed E-state index contributed by atoms with van der Waals surface area (Å²) in [6.45, 7) is 6.41. The Morgan fingerprint density at radius 2 is 2.14 bits per heavy atom. The topological polar surface area (TPSA) is 78.9 Å². The van der Waals surface area contributed by atoms with Gasteiger partial charge in [0.2, 0.25) is 5.91 Å². The molecule has 0 radical (unpaired) electrons. The van der Waals surface area contributed by atoms with Gasteiger partial charge < -0.3 is 20.1 Å². The monoisotopic (exact) mass is 298 g/mol. The van der Waals surface area contributed by atoms with E-state index in [2.05, 4.69) is 12.2 Å². The molecule has 0 aromatic heterocycles. The van der Waals surface area contributed by atoms with Gasteiger partial charge in [-0.3, -0.25) is 4.79 Å². The van der Waals surface area contributed by atoms with Gasteiger partial charge >= 0.3 is 5.97 Å². The molecule has 0 aliphatic carbocycles. The lowest BCUT2D eigenvalue weighted by Gasteiger charge is -2.38. The highest BCUT2D eigenvalue weighted by Gasteiger charge is 2.41. The second-order valence-electron chi connectivity index (χ2n) is 6.22. The van der Waals surface area contributed by atoms with E-state index in [0.717, 1.165) is 19.4 Å². The van der Waals surface area contributed by atoms with Gasteiger partial charge in [0.1, 0.15) is 6.04 Å². The fourth-order valence-electron chi connectivity index (χ4n) is 3.18. The lowest BCUT2D eigenvalue weighted by atomic mass is 9.90. The van der Waals surface area contributed by atoms with Crippen LogP contribution >= 0.6 is 0 Å². The predicted octanol–water partition coefficient (Wildman–Crippen LogP) is 0.713. The second kappa shape index (κ2) is 7.22. The van der Waals surface area contributed by atoms with E-state index in [0.29, 0.717) is 32.1 Å². The number of nitrogens with one attached hydrogen (secondary N) is 1. The Labute approximate surface area is 125 Å². The van der Waals surface area contributed by atoms with Crippen molar-refractivity contribution in [2.24, 2.45) is 11.8 Å². The molecule has 21 heavy (non-hydrogen) atoms. The summed E-state index contributed by atoms with van der Waals surface area (Å²) in [5, 5.41) is 12.7. The van der Waals surface area contributed by atoms with Crippen molar-refractivity contribution in [3.63, 3.8) is 0 Å². The Balaban J connectivity index is 2.04. The lowest BCUT2D eigenvalue weighted by molar-refractivity contribution is -0.155. The molecule has 0 aromatic carbocycles. The van der Waals surface area contributed by atoms with E-state index in [1.165, 1.54) is 0 Å². The molecule has 2 saturated heterocycles. The molecule has 0 saturated carbocycles. The highest BCUT2D eigenvalue weighted by atomic mass is 16.5. The maximum atomic E-state index is 12.7. The smallest absolute Gasteiger partial charge is 0.326 e. The number of aliphatic carboxylic acids is 1. The van der Waals surface area contributed by atoms with Gasteiger partial charge in [-0.15, -0.1) is 0 Å². The van der Waals surface area contributed by atoms with Crippen molar-refractivity contribution in [2.45, 2.75) is 45.2 Å². The van der Waals surface area contributed by atoms with E-state index in [1.807, 2.05) is 6.92 Å². The number of rotatable bonds is 5. The zero-order valence-corrected chi connectivity index (χ0v) is 12.9. The predicted molar refractivity (Wildman–Crippen MR) is 77.9 cm³/mol. The summed E-state index contributed by atoms with van der Waals surface area (Å²) in [5.74, 6) is -0.872. The molecule has 2 heterocycles. The summed E-state index contributed by atoms with van der Waals surface area (Å²) < 4.78 is 5.44. The largest absolute Gasteiger partial charge is 0.480 e. The molecule has 2 N–H and O–H groups in total. The molecule has 2 aliphatic rings. The van der Waals surface area contributed by atoms with E-state index in [4.69, 9.17) is 4.74 Å². The van der Waals surface area contributed by atoms with Gasteiger partial charge in [-0.1, -0.05) is 13.8 Å². The number of carbonyl (C=O) groups is 2. The molecule has 4 unspecified atom stereocenters. The van der Waals surface area contributed by atoms with E-state index in [9.17, 15) is 14.7 Å². The summed E-state index contributed by atoms with van der Waals surface area (Å²) in [4.78, 5) is 25.7. The fourth-order valence-corrected chi connectivity index (χ4v) is 3.18. The van der Waals surface area contributed by atoms with Crippen LogP contribution in [0.1, 0.15) is 33.1 Å². The van der Waals surface area contributed by atoms with Gasteiger partial charge in [0.15, 0.2) is 0 Å². The van der Waals surface area contributed by atoms with Gasteiger partial charge in [-0.2, -0.15) is 0 Å². The Hall–Kier alpha value is -1.14. The molecule has 0 bridgehead atoms. The standard InChI is InChI=1S/C15H26N2O4/c1-3-5-16-12-9-21-8-11(12)14(18)17-6-4-10(2)7-13(17)15(19)20/h10-13,16H,3-9H2,1-2H3,(H,19,20). The molecule has 6 heteroatoms. The SMILES string of the molecule is CCCNC1COCC1C(=O)N1CCC(C)CC1C(=O)O. The molecule has 2 aliphatic heterocycles. The number of carbonyl (C=O) groups excluding carboxylic acids is 1. The highest BCUT2D eigenvalue weighted by Crippen LogP contribution is 2.26.